The second kappa shape index (κ2) is 8.48. The van der Waals surface area contributed by atoms with Gasteiger partial charge in [0.1, 0.15) is 5.75 Å². The van der Waals surface area contributed by atoms with E-state index >= 15 is 0 Å². The van der Waals surface area contributed by atoms with Gasteiger partial charge in [0.25, 0.3) is 0 Å². The SMILES string of the molecule is COc1ccc(Cl)cc1CN(C)C(=O)Cc1c(C)nn(-c2ccccc2)c1C. The maximum Gasteiger partial charge on any atom is 0.227 e. The van der Waals surface area contributed by atoms with E-state index in [0.717, 1.165) is 28.2 Å². The maximum absolute atomic E-state index is 12.9. The molecule has 0 aliphatic heterocycles. The van der Waals surface area contributed by atoms with Crippen molar-refractivity contribution in [3.8, 4) is 11.4 Å². The lowest BCUT2D eigenvalue weighted by Gasteiger charge is -2.19. The van der Waals surface area contributed by atoms with Crippen LogP contribution in [0.25, 0.3) is 5.69 Å². The molecule has 3 rings (SSSR count). The van der Waals surface area contributed by atoms with Gasteiger partial charge in [0.15, 0.2) is 0 Å². The quantitative estimate of drug-likeness (QED) is 0.621. The zero-order chi connectivity index (χ0) is 20.3. The van der Waals surface area contributed by atoms with Gasteiger partial charge >= 0.3 is 0 Å². The van der Waals surface area contributed by atoms with E-state index in [2.05, 4.69) is 5.10 Å². The molecular formula is C22H24ClN3O2. The number of aromatic nitrogens is 2. The summed E-state index contributed by atoms with van der Waals surface area (Å²) in [5, 5.41) is 5.24. The molecule has 0 fully saturated rings. The Morgan fingerprint density at radius 3 is 2.57 bits per heavy atom. The van der Waals surface area contributed by atoms with Gasteiger partial charge in [0.05, 0.1) is 24.9 Å². The van der Waals surface area contributed by atoms with Crippen LogP contribution in [-0.2, 0) is 17.8 Å². The van der Waals surface area contributed by atoms with Crippen LogP contribution in [0.2, 0.25) is 5.02 Å². The van der Waals surface area contributed by atoms with Crippen molar-refractivity contribution in [1.29, 1.82) is 0 Å². The van der Waals surface area contributed by atoms with Gasteiger partial charge in [0.2, 0.25) is 5.91 Å². The van der Waals surface area contributed by atoms with Gasteiger partial charge < -0.3 is 9.64 Å². The van der Waals surface area contributed by atoms with Crippen LogP contribution in [0.4, 0.5) is 0 Å². The van der Waals surface area contributed by atoms with Crippen molar-refractivity contribution in [2.24, 2.45) is 0 Å². The molecule has 0 radical (unpaired) electrons. The van der Waals surface area contributed by atoms with Crippen LogP contribution >= 0.6 is 11.6 Å². The third-order valence-corrected chi connectivity index (χ3v) is 5.08. The predicted octanol–water partition coefficient (Wildman–Crippen LogP) is 4.35. The van der Waals surface area contributed by atoms with Crippen LogP contribution in [0.3, 0.4) is 0 Å². The van der Waals surface area contributed by atoms with Crippen molar-refractivity contribution in [2.75, 3.05) is 14.2 Å². The van der Waals surface area contributed by atoms with E-state index in [1.54, 1.807) is 25.1 Å². The summed E-state index contributed by atoms with van der Waals surface area (Å²) in [7, 11) is 3.40. The minimum atomic E-state index is 0.0147. The minimum Gasteiger partial charge on any atom is -0.496 e. The molecule has 0 unspecified atom stereocenters. The maximum atomic E-state index is 12.9. The number of halogens is 1. The molecule has 0 saturated carbocycles. The fourth-order valence-corrected chi connectivity index (χ4v) is 3.45. The molecule has 28 heavy (non-hydrogen) atoms. The lowest BCUT2D eigenvalue weighted by atomic mass is 10.1. The second-order valence-electron chi connectivity index (χ2n) is 6.78. The third-order valence-electron chi connectivity index (χ3n) is 4.85. The summed E-state index contributed by atoms with van der Waals surface area (Å²) in [6.07, 6.45) is 0.296. The molecule has 0 saturated heterocycles. The first-order valence-corrected chi connectivity index (χ1v) is 9.45. The summed E-state index contributed by atoms with van der Waals surface area (Å²) in [6.45, 7) is 4.36. The first-order chi connectivity index (χ1) is 13.4. The molecule has 1 heterocycles. The standard InChI is InChI=1S/C22H24ClN3O2/c1-15-20(16(2)26(24-15)19-8-6-5-7-9-19)13-22(27)25(3)14-17-12-18(23)10-11-21(17)28-4/h5-12H,13-14H2,1-4H3. The van der Waals surface area contributed by atoms with Crippen LogP contribution in [0.1, 0.15) is 22.5 Å². The lowest BCUT2D eigenvalue weighted by Crippen LogP contribution is -2.28. The molecule has 0 aliphatic carbocycles. The summed E-state index contributed by atoms with van der Waals surface area (Å²) >= 11 is 6.10. The number of rotatable bonds is 6. The van der Waals surface area contributed by atoms with Crippen molar-refractivity contribution in [3.05, 3.63) is 76.1 Å². The topological polar surface area (TPSA) is 47.4 Å². The molecule has 5 nitrogen and oxygen atoms in total. The zero-order valence-electron chi connectivity index (χ0n) is 16.6. The molecule has 1 aromatic heterocycles. The van der Waals surface area contributed by atoms with E-state index in [4.69, 9.17) is 16.3 Å². The number of para-hydroxylation sites is 1. The van der Waals surface area contributed by atoms with Crippen LogP contribution < -0.4 is 4.74 Å². The Morgan fingerprint density at radius 1 is 1.18 bits per heavy atom. The van der Waals surface area contributed by atoms with Gasteiger partial charge in [-0.25, -0.2) is 4.68 Å². The predicted molar refractivity (Wildman–Crippen MR) is 111 cm³/mol. The number of benzene rings is 2. The van der Waals surface area contributed by atoms with E-state index in [9.17, 15) is 4.79 Å². The van der Waals surface area contributed by atoms with E-state index in [-0.39, 0.29) is 5.91 Å². The number of methoxy groups -OCH3 is 1. The second-order valence-corrected chi connectivity index (χ2v) is 7.22. The van der Waals surface area contributed by atoms with Crippen molar-refractivity contribution >= 4 is 17.5 Å². The number of hydrogen-bond donors (Lipinski definition) is 0. The Balaban J connectivity index is 1.78. The monoisotopic (exact) mass is 397 g/mol. The highest BCUT2D eigenvalue weighted by atomic mass is 35.5. The number of ether oxygens (including phenoxy) is 1. The summed E-state index contributed by atoms with van der Waals surface area (Å²) in [5.74, 6) is 0.731. The highest BCUT2D eigenvalue weighted by Gasteiger charge is 2.19. The number of carbonyl (C=O) groups excluding carboxylic acids is 1. The average Bonchev–Trinajstić information content (AvgIpc) is 2.97. The van der Waals surface area contributed by atoms with E-state index < -0.39 is 0 Å². The molecule has 6 heteroatoms. The fourth-order valence-electron chi connectivity index (χ4n) is 3.25. The molecule has 0 bridgehead atoms. The van der Waals surface area contributed by atoms with Crippen LogP contribution in [-0.4, -0.2) is 34.7 Å². The number of nitrogens with zero attached hydrogens (tertiary/aromatic N) is 3. The molecule has 0 N–H and O–H groups in total. The molecule has 0 spiro atoms. The molecule has 0 aliphatic rings. The molecular weight excluding hydrogens is 374 g/mol. The first-order valence-electron chi connectivity index (χ1n) is 9.07. The Bertz CT molecular complexity index is 983. The van der Waals surface area contributed by atoms with Gasteiger partial charge in [0, 0.05) is 35.4 Å². The van der Waals surface area contributed by atoms with Crippen LogP contribution in [0.5, 0.6) is 5.75 Å². The van der Waals surface area contributed by atoms with Gasteiger partial charge in [-0.15, -0.1) is 0 Å². The van der Waals surface area contributed by atoms with Crippen molar-refractivity contribution in [1.82, 2.24) is 14.7 Å². The Hall–Kier alpha value is -2.79. The zero-order valence-corrected chi connectivity index (χ0v) is 17.3. The molecule has 146 valence electrons. The summed E-state index contributed by atoms with van der Waals surface area (Å²) in [5.41, 5.74) is 4.66. The van der Waals surface area contributed by atoms with Crippen LogP contribution in [0, 0.1) is 13.8 Å². The van der Waals surface area contributed by atoms with Crippen LogP contribution in [0.15, 0.2) is 48.5 Å². The van der Waals surface area contributed by atoms with E-state index in [0.29, 0.717) is 23.7 Å². The lowest BCUT2D eigenvalue weighted by molar-refractivity contribution is -0.129. The summed E-state index contributed by atoms with van der Waals surface area (Å²) in [4.78, 5) is 14.6. The number of likely N-dealkylation sites (N-methyl/N-ethyl adjacent to an activating group) is 1. The van der Waals surface area contributed by atoms with E-state index in [1.165, 1.54) is 0 Å². The van der Waals surface area contributed by atoms with Gasteiger partial charge in [-0.05, 0) is 44.2 Å². The molecule has 2 aromatic carbocycles. The average molecular weight is 398 g/mol. The van der Waals surface area contributed by atoms with E-state index in [1.807, 2.05) is 61.0 Å². The first kappa shape index (κ1) is 20.0. The Kier molecular flexibility index (Phi) is 6.05. The smallest absolute Gasteiger partial charge is 0.227 e. The van der Waals surface area contributed by atoms with Crippen molar-refractivity contribution < 1.29 is 9.53 Å². The van der Waals surface area contributed by atoms with Crippen molar-refractivity contribution in [2.45, 2.75) is 26.8 Å². The Morgan fingerprint density at radius 2 is 1.89 bits per heavy atom. The minimum absolute atomic E-state index is 0.0147. The number of hydrogen-bond acceptors (Lipinski definition) is 3. The number of carbonyl (C=O) groups is 1. The normalized spacial score (nSPS) is 10.8. The number of aryl methyl sites for hydroxylation is 1. The van der Waals surface area contributed by atoms with Gasteiger partial charge in [-0.1, -0.05) is 29.8 Å². The van der Waals surface area contributed by atoms with Gasteiger partial charge in [-0.3, -0.25) is 4.79 Å². The highest BCUT2D eigenvalue weighted by molar-refractivity contribution is 6.30. The molecule has 0 atom stereocenters. The summed E-state index contributed by atoms with van der Waals surface area (Å²) in [6, 6.07) is 15.3. The molecule has 1 amide bonds. The summed E-state index contributed by atoms with van der Waals surface area (Å²) < 4.78 is 7.27. The number of amides is 1. The third kappa shape index (κ3) is 4.20. The van der Waals surface area contributed by atoms with Gasteiger partial charge in [-0.2, -0.15) is 5.10 Å². The molecule has 3 aromatic rings. The van der Waals surface area contributed by atoms with Crippen molar-refractivity contribution in [3.63, 3.8) is 0 Å². The largest absolute Gasteiger partial charge is 0.496 e. The highest BCUT2D eigenvalue weighted by Crippen LogP contribution is 2.24. The Labute approximate surface area is 170 Å². The fraction of sp³-hybridized carbons (Fsp3) is 0.273.